The Morgan fingerprint density at radius 2 is 1.89 bits per heavy atom. The van der Waals surface area contributed by atoms with Gasteiger partial charge in [-0.1, -0.05) is 13.8 Å². The molecule has 0 heterocycles. The van der Waals surface area contributed by atoms with E-state index in [9.17, 15) is 14.0 Å². The van der Waals surface area contributed by atoms with E-state index in [1.165, 1.54) is 24.3 Å². The Morgan fingerprint density at radius 3 is 2.37 bits per heavy atom. The first-order valence-corrected chi connectivity index (χ1v) is 5.83. The number of amides is 1. The second kappa shape index (κ2) is 6.72. The zero-order valence-corrected chi connectivity index (χ0v) is 10.7. The van der Waals surface area contributed by atoms with Crippen LogP contribution in [-0.4, -0.2) is 29.6 Å². The number of hydrogen-bond donors (Lipinski definition) is 2. The summed E-state index contributed by atoms with van der Waals surface area (Å²) in [6, 6.07) is 4.99. The van der Waals surface area contributed by atoms with Gasteiger partial charge in [0.1, 0.15) is 11.6 Å². The summed E-state index contributed by atoms with van der Waals surface area (Å²) in [5.74, 6) is -1.90. The van der Waals surface area contributed by atoms with Gasteiger partial charge in [-0.15, -0.1) is 0 Å². The van der Waals surface area contributed by atoms with Gasteiger partial charge in [-0.25, -0.2) is 9.18 Å². The van der Waals surface area contributed by atoms with E-state index in [2.05, 4.69) is 5.32 Å². The van der Waals surface area contributed by atoms with Gasteiger partial charge in [0, 0.05) is 5.92 Å². The Hall–Kier alpha value is -2.11. The van der Waals surface area contributed by atoms with Crippen LogP contribution in [0.3, 0.4) is 0 Å². The molecule has 0 saturated carbocycles. The van der Waals surface area contributed by atoms with Gasteiger partial charge in [0.05, 0.1) is 6.54 Å². The number of benzene rings is 1. The normalized spacial score (nSPS) is 12.0. The van der Waals surface area contributed by atoms with Gasteiger partial charge >= 0.3 is 5.97 Å². The van der Waals surface area contributed by atoms with Crippen LogP contribution in [0.15, 0.2) is 24.3 Å². The molecule has 0 saturated heterocycles. The molecule has 0 spiro atoms. The van der Waals surface area contributed by atoms with E-state index >= 15 is 0 Å². The fraction of sp³-hybridized carbons (Fsp3) is 0.385. The molecule has 6 heteroatoms. The maximum atomic E-state index is 12.7. The maximum Gasteiger partial charge on any atom is 0.346 e. The summed E-state index contributed by atoms with van der Waals surface area (Å²) in [4.78, 5) is 22.4. The molecule has 0 bridgehead atoms. The minimum Gasteiger partial charge on any atom is -0.478 e. The number of aliphatic carboxylic acids is 1. The van der Waals surface area contributed by atoms with E-state index in [0.29, 0.717) is 0 Å². The number of hydrogen-bond acceptors (Lipinski definition) is 3. The molecule has 19 heavy (non-hydrogen) atoms. The first-order chi connectivity index (χ1) is 8.90. The average molecular weight is 269 g/mol. The molecule has 5 nitrogen and oxygen atoms in total. The number of carboxylic acids is 1. The monoisotopic (exact) mass is 269 g/mol. The summed E-state index contributed by atoms with van der Waals surface area (Å²) in [6.45, 7) is 3.25. The fourth-order valence-electron chi connectivity index (χ4n) is 1.25. The van der Waals surface area contributed by atoms with Crippen molar-refractivity contribution in [3.05, 3.63) is 30.1 Å². The van der Waals surface area contributed by atoms with Crippen LogP contribution in [0.5, 0.6) is 5.75 Å². The van der Waals surface area contributed by atoms with Crippen LogP contribution in [0.4, 0.5) is 4.39 Å². The summed E-state index contributed by atoms with van der Waals surface area (Å²) in [6.07, 6.45) is -1.21. The lowest BCUT2D eigenvalue weighted by molar-refractivity contribution is -0.145. The standard InChI is InChI=1S/C13H16FNO4/c1-8(2)12(16)15-7-11(13(17)18)19-10-5-3-9(14)4-6-10/h3-6,8,11H,7H2,1-2H3,(H,15,16)(H,17,18). The van der Waals surface area contributed by atoms with Crippen LogP contribution in [0.1, 0.15) is 13.8 Å². The third-order valence-corrected chi connectivity index (χ3v) is 2.35. The molecule has 1 aromatic rings. The molecule has 0 aliphatic carbocycles. The number of carbonyl (C=O) groups excluding carboxylic acids is 1. The number of carbonyl (C=O) groups is 2. The van der Waals surface area contributed by atoms with E-state index in [0.717, 1.165) is 0 Å². The molecule has 1 unspecified atom stereocenters. The maximum absolute atomic E-state index is 12.7. The van der Waals surface area contributed by atoms with Crippen LogP contribution >= 0.6 is 0 Å². The molecule has 104 valence electrons. The molecule has 1 aromatic carbocycles. The van der Waals surface area contributed by atoms with Gasteiger partial charge in [0.15, 0.2) is 0 Å². The topological polar surface area (TPSA) is 75.6 Å². The predicted octanol–water partition coefficient (Wildman–Crippen LogP) is 1.43. The Balaban J connectivity index is 2.60. The van der Waals surface area contributed by atoms with E-state index < -0.39 is 17.9 Å². The SMILES string of the molecule is CC(C)C(=O)NCC(Oc1ccc(F)cc1)C(=O)O. The van der Waals surface area contributed by atoms with Gasteiger partial charge in [-0.2, -0.15) is 0 Å². The third-order valence-electron chi connectivity index (χ3n) is 2.35. The number of nitrogens with one attached hydrogen (secondary N) is 1. The number of rotatable bonds is 6. The second-order valence-electron chi connectivity index (χ2n) is 4.30. The summed E-state index contributed by atoms with van der Waals surface area (Å²) in [5, 5.41) is 11.5. The first-order valence-electron chi connectivity index (χ1n) is 5.83. The number of carboxylic acid groups (broad SMARTS) is 1. The van der Waals surface area contributed by atoms with Gasteiger partial charge < -0.3 is 15.2 Å². The highest BCUT2D eigenvalue weighted by atomic mass is 19.1. The number of ether oxygens (including phenoxy) is 1. The number of halogens is 1. The largest absolute Gasteiger partial charge is 0.478 e. The molecular formula is C13H16FNO4. The zero-order chi connectivity index (χ0) is 14.4. The van der Waals surface area contributed by atoms with Crippen molar-refractivity contribution in [2.75, 3.05) is 6.54 Å². The quantitative estimate of drug-likeness (QED) is 0.819. The molecule has 0 aliphatic heterocycles. The summed E-state index contributed by atoms with van der Waals surface area (Å²) in [5.41, 5.74) is 0. The van der Waals surface area contributed by atoms with Gasteiger partial charge in [-0.05, 0) is 24.3 Å². The minimum absolute atomic E-state index is 0.149. The summed E-state index contributed by atoms with van der Waals surface area (Å²) < 4.78 is 17.9. The minimum atomic E-state index is -1.21. The van der Waals surface area contributed by atoms with Crippen molar-refractivity contribution in [3.63, 3.8) is 0 Å². The third kappa shape index (κ3) is 4.95. The predicted molar refractivity (Wildman–Crippen MR) is 66.3 cm³/mol. The van der Waals surface area contributed by atoms with Crippen LogP contribution < -0.4 is 10.1 Å². The summed E-state index contributed by atoms with van der Waals surface area (Å²) >= 11 is 0. The smallest absolute Gasteiger partial charge is 0.346 e. The molecule has 1 amide bonds. The Labute approximate surface area is 110 Å². The van der Waals surface area contributed by atoms with Crippen LogP contribution in [0.2, 0.25) is 0 Å². The van der Waals surface area contributed by atoms with Crippen LogP contribution in [0.25, 0.3) is 0 Å². The van der Waals surface area contributed by atoms with E-state index in [4.69, 9.17) is 9.84 Å². The van der Waals surface area contributed by atoms with Gasteiger partial charge in [-0.3, -0.25) is 4.79 Å². The van der Waals surface area contributed by atoms with Crippen LogP contribution in [-0.2, 0) is 9.59 Å². The highest BCUT2D eigenvalue weighted by Gasteiger charge is 2.21. The van der Waals surface area contributed by atoms with Crippen molar-refractivity contribution in [1.82, 2.24) is 5.32 Å². The summed E-state index contributed by atoms with van der Waals surface area (Å²) in [7, 11) is 0. The Bertz CT molecular complexity index is 444. The van der Waals surface area contributed by atoms with Crippen molar-refractivity contribution in [2.24, 2.45) is 5.92 Å². The molecular weight excluding hydrogens is 253 g/mol. The lowest BCUT2D eigenvalue weighted by atomic mass is 10.2. The Morgan fingerprint density at radius 1 is 1.32 bits per heavy atom. The van der Waals surface area contributed by atoms with Gasteiger partial charge in [0.2, 0.25) is 12.0 Å². The first kappa shape index (κ1) is 14.9. The van der Waals surface area contributed by atoms with Crippen molar-refractivity contribution in [3.8, 4) is 5.75 Å². The van der Waals surface area contributed by atoms with Crippen molar-refractivity contribution < 1.29 is 23.8 Å². The molecule has 0 radical (unpaired) electrons. The highest BCUT2D eigenvalue weighted by Crippen LogP contribution is 2.13. The lowest BCUT2D eigenvalue weighted by Gasteiger charge is -2.16. The Kier molecular flexibility index (Phi) is 5.29. The van der Waals surface area contributed by atoms with E-state index in [1.807, 2.05) is 0 Å². The average Bonchev–Trinajstić information content (AvgIpc) is 2.35. The van der Waals surface area contributed by atoms with Crippen LogP contribution in [0, 0.1) is 11.7 Å². The molecule has 2 N–H and O–H groups in total. The molecule has 0 aliphatic rings. The van der Waals surface area contributed by atoms with Crippen molar-refractivity contribution >= 4 is 11.9 Å². The van der Waals surface area contributed by atoms with Crippen molar-refractivity contribution in [1.29, 1.82) is 0 Å². The second-order valence-corrected chi connectivity index (χ2v) is 4.30. The molecule has 0 fully saturated rings. The van der Waals surface area contributed by atoms with Gasteiger partial charge in [0.25, 0.3) is 0 Å². The van der Waals surface area contributed by atoms with E-state index in [-0.39, 0.29) is 24.1 Å². The molecule has 0 aromatic heterocycles. The van der Waals surface area contributed by atoms with E-state index in [1.54, 1.807) is 13.8 Å². The fourth-order valence-corrected chi connectivity index (χ4v) is 1.25. The molecule has 1 atom stereocenters. The van der Waals surface area contributed by atoms with Crippen molar-refractivity contribution in [2.45, 2.75) is 20.0 Å². The highest BCUT2D eigenvalue weighted by molar-refractivity contribution is 5.79. The zero-order valence-electron chi connectivity index (χ0n) is 10.7. The molecule has 1 rings (SSSR count). The lowest BCUT2D eigenvalue weighted by Crippen LogP contribution is -2.41.